The number of rotatable bonds is 6. The van der Waals surface area contributed by atoms with Crippen molar-refractivity contribution in [2.45, 2.75) is 32.4 Å². The summed E-state index contributed by atoms with van der Waals surface area (Å²) in [6.07, 6.45) is 0.837. The van der Waals surface area contributed by atoms with Gasteiger partial charge in [-0.15, -0.1) is 0 Å². The van der Waals surface area contributed by atoms with Crippen molar-refractivity contribution in [3.05, 3.63) is 63.6 Å². The summed E-state index contributed by atoms with van der Waals surface area (Å²) in [5, 5.41) is 23.7. The van der Waals surface area contributed by atoms with Crippen molar-refractivity contribution in [1.82, 2.24) is 5.32 Å². The Bertz CT molecular complexity index is 697. The van der Waals surface area contributed by atoms with E-state index >= 15 is 0 Å². The van der Waals surface area contributed by atoms with Crippen LogP contribution in [0.4, 0.5) is 5.69 Å². The third-order valence-electron chi connectivity index (χ3n) is 3.42. The first-order chi connectivity index (χ1) is 10.9. The van der Waals surface area contributed by atoms with Crippen molar-refractivity contribution in [1.29, 1.82) is 0 Å². The van der Waals surface area contributed by atoms with Gasteiger partial charge in [0.1, 0.15) is 17.4 Å². The van der Waals surface area contributed by atoms with E-state index in [1.54, 1.807) is 32.0 Å². The lowest BCUT2D eigenvalue weighted by atomic mass is 10.1. The minimum Gasteiger partial charge on any atom is -0.467 e. The van der Waals surface area contributed by atoms with Crippen LogP contribution in [0.1, 0.15) is 41.1 Å². The van der Waals surface area contributed by atoms with Gasteiger partial charge in [0.15, 0.2) is 0 Å². The van der Waals surface area contributed by atoms with Crippen molar-refractivity contribution >= 4 is 11.6 Å². The molecule has 0 aliphatic rings. The van der Waals surface area contributed by atoms with Crippen LogP contribution in [0, 0.1) is 17.0 Å². The van der Waals surface area contributed by atoms with Crippen LogP contribution in [-0.2, 0) is 0 Å². The van der Waals surface area contributed by atoms with E-state index in [1.165, 1.54) is 18.4 Å². The summed E-state index contributed by atoms with van der Waals surface area (Å²) in [6, 6.07) is 7.29. The van der Waals surface area contributed by atoms with Gasteiger partial charge in [-0.05, 0) is 37.6 Å². The summed E-state index contributed by atoms with van der Waals surface area (Å²) in [5.74, 6) is -0.132. The quantitative estimate of drug-likeness (QED) is 0.629. The molecule has 2 aromatic rings. The standard InChI is InChI=1S/C16H18N2O5/c1-10-5-6-13(18(21)22)12(8-10)16(20)17-11(2)9-14(19)15-4-3-7-23-15/h3-8,11,14,19H,9H2,1-2H3,(H,17,20)/t11-,14-/m1/s1. The molecule has 0 saturated carbocycles. The molecule has 122 valence electrons. The zero-order chi connectivity index (χ0) is 17.0. The van der Waals surface area contributed by atoms with Gasteiger partial charge < -0.3 is 14.8 Å². The van der Waals surface area contributed by atoms with Crippen LogP contribution in [0.2, 0.25) is 0 Å². The summed E-state index contributed by atoms with van der Waals surface area (Å²) in [4.78, 5) is 22.7. The molecule has 0 spiro atoms. The summed E-state index contributed by atoms with van der Waals surface area (Å²) in [6.45, 7) is 3.47. The van der Waals surface area contributed by atoms with Crippen molar-refractivity contribution < 1.29 is 19.2 Å². The maximum Gasteiger partial charge on any atom is 0.282 e. The number of carbonyl (C=O) groups excluding carboxylic acids is 1. The van der Waals surface area contributed by atoms with Crippen molar-refractivity contribution in [2.24, 2.45) is 0 Å². The van der Waals surface area contributed by atoms with Crippen molar-refractivity contribution in [3.63, 3.8) is 0 Å². The molecular weight excluding hydrogens is 300 g/mol. The number of carbonyl (C=O) groups is 1. The van der Waals surface area contributed by atoms with Crippen LogP contribution in [0.5, 0.6) is 0 Å². The second-order valence-corrected chi connectivity index (χ2v) is 5.42. The van der Waals surface area contributed by atoms with Gasteiger partial charge in [-0.1, -0.05) is 6.07 Å². The highest BCUT2D eigenvalue weighted by atomic mass is 16.6. The van der Waals surface area contributed by atoms with Gasteiger partial charge in [-0.3, -0.25) is 14.9 Å². The van der Waals surface area contributed by atoms with Crippen LogP contribution in [0.25, 0.3) is 0 Å². The number of nitro benzene ring substituents is 1. The van der Waals surface area contributed by atoms with Crippen LogP contribution in [0.3, 0.4) is 0 Å². The number of furan rings is 1. The molecule has 0 aliphatic carbocycles. The van der Waals surface area contributed by atoms with E-state index in [0.717, 1.165) is 5.56 Å². The lowest BCUT2D eigenvalue weighted by molar-refractivity contribution is -0.385. The fraction of sp³-hybridized carbons (Fsp3) is 0.312. The van der Waals surface area contributed by atoms with E-state index in [4.69, 9.17) is 4.42 Å². The van der Waals surface area contributed by atoms with Gasteiger partial charge >= 0.3 is 0 Å². The molecule has 1 aromatic heterocycles. The first-order valence-corrected chi connectivity index (χ1v) is 7.16. The average Bonchev–Trinajstić information content (AvgIpc) is 3.00. The van der Waals surface area contributed by atoms with Crippen molar-refractivity contribution in [2.75, 3.05) is 0 Å². The Kier molecular flexibility index (Phi) is 5.13. The minimum absolute atomic E-state index is 0.00865. The summed E-state index contributed by atoms with van der Waals surface area (Å²) in [5.41, 5.74) is 0.519. The zero-order valence-corrected chi connectivity index (χ0v) is 12.9. The SMILES string of the molecule is Cc1ccc([N+](=O)[O-])c(C(=O)N[C@H](C)C[C@@H](O)c2ccco2)c1. The Morgan fingerprint density at radius 2 is 2.17 bits per heavy atom. The second-order valence-electron chi connectivity index (χ2n) is 5.42. The van der Waals surface area contributed by atoms with Crippen LogP contribution >= 0.6 is 0 Å². The number of amides is 1. The Balaban J connectivity index is 2.07. The molecule has 2 atom stereocenters. The molecule has 1 amide bonds. The fourth-order valence-corrected chi connectivity index (χ4v) is 2.28. The van der Waals surface area contributed by atoms with E-state index in [-0.39, 0.29) is 23.7 Å². The minimum atomic E-state index is -0.854. The third-order valence-corrected chi connectivity index (χ3v) is 3.42. The van der Waals surface area contributed by atoms with E-state index < -0.39 is 16.9 Å². The molecule has 0 fully saturated rings. The van der Waals surface area contributed by atoms with Gasteiger partial charge in [0.2, 0.25) is 0 Å². The zero-order valence-electron chi connectivity index (χ0n) is 12.9. The maximum absolute atomic E-state index is 12.3. The lowest BCUT2D eigenvalue weighted by Crippen LogP contribution is -2.34. The molecule has 7 heteroatoms. The molecule has 0 radical (unpaired) electrons. The van der Waals surface area contributed by atoms with E-state index in [0.29, 0.717) is 5.76 Å². The molecule has 2 rings (SSSR count). The summed E-state index contributed by atoms with van der Waals surface area (Å²) in [7, 11) is 0. The number of benzene rings is 1. The third kappa shape index (κ3) is 4.17. The average molecular weight is 318 g/mol. The fourth-order valence-electron chi connectivity index (χ4n) is 2.28. The molecule has 0 bridgehead atoms. The molecular formula is C16H18N2O5. The number of hydrogen-bond acceptors (Lipinski definition) is 5. The van der Waals surface area contributed by atoms with Gasteiger partial charge in [0.05, 0.1) is 11.2 Å². The number of nitro groups is 1. The topological polar surface area (TPSA) is 106 Å². The Morgan fingerprint density at radius 3 is 2.78 bits per heavy atom. The largest absolute Gasteiger partial charge is 0.467 e. The molecule has 2 N–H and O–H groups in total. The number of aliphatic hydroxyl groups is 1. The van der Waals surface area contributed by atoms with E-state index in [2.05, 4.69) is 5.32 Å². The predicted octanol–water partition coefficient (Wildman–Crippen LogP) is 2.74. The lowest BCUT2D eigenvalue weighted by Gasteiger charge is -2.17. The molecule has 0 aliphatic heterocycles. The Morgan fingerprint density at radius 1 is 1.43 bits per heavy atom. The number of nitrogens with one attached hydrogen (secondary N) is 1. The highest BCUT2D eigenvalue weighted by Crippen LogP contribution is 2.21. The first kappa shape index (κ1) is 16.7. The number of nitrogens with zero attached hydrogens (tertiary/aromatic N) is 1. The normalized spacial score (nSPS) is 13.3. The maximum atomic E-state index is 12.3. The van der Waals surface area contributed by atoms with Crippen LogP contribution in [0.15, 0.2) is 41.0 Å². The Labute approximate surface area is 133 Å². The molecule has 0 unspecified atom stereocenters. The molecule has 1 aromatic carbocycles. The first-order valence-electron chi connectivity index (χ1n) is 7.16. The molecule has 1 heterocycles. The summed E-state index contributed by atoms with van der Waals surface area (Å²) >= 11 is 0. The van der Waals surface area contributed by atoms with Gasteiger partial charge in [-0.2, -0.15) is 0 Å². The van der Waals surface area contributed by atoms with Gasteiger partial charge in [0, 0.05) is 18.5 Å². The van der Waals surface area contributed by atoms with Gasteiger partial charge in [0.25, 0.3) is 11.6 Å². The highest BCUT2D eigenvalue weighted by molar-refractivity contribution is 5.98. The Hall–Kier alpha value is -2.67. The van der Waals surface area contributed by atoms with Crippen molar-refractivity contribution in [3.8, 4) is 0 Å². The molecule has 23 heavy (non-hydrogen) atoms. The molecule has 0 saturated heterocycles. The second kappa shape index (κ2) is 7.06. The van der Waals surface area contributed by atoms with Gasteiger partial charge in [-0.25, -0.2) is 0 Å². The molecule has 7 nitrogen and oxygen atoms in total. The van der Waals surface area contributed by atoms with Crippen LogP contribution in [-0.4, -0.2) is 22.0 Å². The number of hydrogen-bond donors (Lipinski definition) is 2. The monoisotopic (exact) mass is 318 g/mol. The van der Waals surface area contributed by atoms with E-state index in [1.807, 2.05) is 0 Å². The summed E-state index contributed by atoms with van der Waals surface area (Å²) < 4.78 is 5.10. The van der Waals surface area contributed by atoms with E-state index in [9.17, 15) is 20.0 Å². The number of aryl methyl sites for hydroxylation is 1. The van der Waals surface area contributed by atoms with Crippen LogP contribution < -0.4 is 5.32 Å². The number of aliphatic hydroxyl groups excluding tert-OH is 1. The smallest absolute Gasteiger partial charge is 0.282 e. The predicted molar refractivity (Wildman–Crippen MR) is 83.0 cm³/mol. The highest BCUT2D eigenvalue weighted by Gasteiger charge is 2.22.